The SMILES string of the molecule is CN1CCN(S(=O)(=O)c2ccc(NCC(C3CC3)N(C)C)nc2)CC1. The lowest BCUT2D eigenvalue weighted by atomic mass is 10.1. The molecule has 3 rings (SSSR count). The van der Waals surface area contributed by atoms with Crippen molar-refractivity contribution in [2.75, 3.05) is 59.2 Å². The minimum absolute atomic E-state index is 0.272. The van der Waals surface area contributed by atoms with E-state index in [1.54, 1.807) is 16.4 Å². The minimum atomic E-state index is -3.44. The molecule has 8 heteroatoms. The second-order valence-corrected chi connectivity index (χ2v) is 9.27. The van der Waals surface area contributed by atoms with Gasteiger partial charge in [0.05, 0.1) is 0 Å². The Kier molecular flexibility index (Phi) is 5.62. The van der Waals surface area contributed by atoms with Crippen molar-refractivity contribution in [2.45, 2.75) is 23.8 Å². The van der Waals surface area contributed by atoms with E-state index in [1.165, 1.54) is 19.0 Å². The van der Waals surface area contributed by atoms with Crippen LogP contribution in [-0.4, -0.2) is 87.4 Å². The van der Waals surface area contributed by atoms with Crippen molar-refractivity contribution < 1.29 is 8.42 Å². The van der Waals surface area contributed by atoms with E-state index in [2.05, 4.69) is 34.2 Å². The van der Waals surface area contributed by atoms with Gasteiger partial charge in [-0.1, -0.05) is 0 Å². The molecular weight excluding hydrogens is 338 g/mol. The maximum absolute atomic E-state index is 12.7. The topological polar surface area (TPSA) is 68.8 Å². The predicted octanol–water partition coefficient (Wildman–Crippen LogP) is 0.770. The Morgan fingerprint density at radius 2 is 1.92 bits per heavy atom. The Morgan fingerprint density at radius 1 is 1.24 bits per heavy atom. The summed E-state index contributed by atoms with van der Waals surface area (Å²) in [4.78, 5) is 8.98. The standard InChI is InChI=1S/C17H29N5O2S/c1-20(2)16(14-4-5-14)13-19-17-7-6-15(12-18-17)25(23,24)22-10-8-21(3)9-11-22/h6-7,12,14,16H,4-5,8-11,13H2,1-3H3,(H,18,19). The first-order chi connectivity index (χ1) is 11.9. The highest BCUT2D eigenvalue weighted by molar-refractivity contribution is 7.89. The highest BCUT2D eigenvalue weighted by Gasteiger charge is 2.32. The van der Waals surface area contributed by atoms with Crippen molar-refractivity contribution in [3.05, 3.63) is 18.3 Å². The lowest BCUT2D eigenvalue weighted by Crippen LogP contribution is -2.47. The van der Waals surface area contributed by atoms with Crippen LogP contribution in [0.25, 0.3) is 0 Å². The van der Waals surface area contributed by atoms with Gasteiger partial charge in [0.15, 0.2) is 0 Å². The first-order valence-corrected chi connectivity index (χ1v) is 10.4. The number of nitrogens with one attached hydrogen (secondary N) is 1. The maximum atomic E-state index is 12.7. The van der Waals surface area contributed by atoms with E-state index in [1.807, 2.05) is 7.05 Å². The molecule has 2 fully saturated rings. The molecular formula is C17H29N5O2S. The Labute approximate surface area is 151 Å². The molecule has 7 nitrogen and oxygen atoms in total. The van der Waals surface area contributed by atoms with Gasteiger partial charge in [-0.25, -0.2) is 13.4 Å². The number of rotatable bonds is 7. The van der Waals surface area contributed by atoms with Crippen molar-refractivity contribution >= 4 is 15.8 Å². The summed E-state index contributed by atoms with van der Waals surface area (Å²) < 4.78 is 26.9. The first kappa shape index (κ1) is 18.6. The normalized spacial score (nSPS) is 21.4. The van der Waals surface area contributed by atoms with E-state index in [9.17, 15) is 8.42 Å². The lowest BCUT2D eigenvalue weighted by molar-refractivity contribution is 0.222. The van der Waals surface area contributed by atoms with Crippen LogP contribution in [-0.2, 0) is 10.0 Å². The van der Waals surface area contributed by atoms with Gasteiger partial charge < -0.3 is 15.1 Å². The van der Waals surface area contributed by atoms with Crippen LogP contribution in [0.3, 0.4) is 0 Å². The molecule has 1 atom stereocenters. The highest BCUT2D eigenvalue weighted by atomic mass is 32.2. The number of sulfonamides is 1. The van der Waals surface area contributed by atoms with E-state index >= 15 is 0 Å². The molecule has 0 aromatic carbocycles. The molecule has 1 aromatic heterocycles. The zero-order valence-corrected chi connectivity index (χ0v) is 16.2. The third-order valence-corrected chi connectivity index (χ3v) is 7.04. The zero-order chi connectivity index (χ0) is 18.0. The van der Waals surface area contributed by atoms with Gasteiger partial charge in [-0.15, -0.1) is 0 Å². The van der Waals surface area contributed by atoms with Crippen LogP contribution < -0.4 is 5.32 Å². The number of nitrogens with zero attached hydrogens (tertiary/aromatic N) is 4. The van der Waals surface area contributed by atoms with Crippen molar-refractivity contribution in [1.82, 2.24) is 19.1 Å². The minimum Gasteiger partial charge on any atom is -0.368 e. The average molecular weight is 368 g/mol. The van der Waals surface area contributed by atoms with Crippen LogP contribution in [0.2, 0.25) is 0 Å². The van der Waals surface area contributed by atoms with Gasteiger partial charge >= 0.3 is 0 Å². The summed E-state index contributed by atoms with van der Waals surface area (Å²) in [5.41, 5.74) is 0. The summed E-state index contributed by atoms with van der Waals surface area (Å²) in [5, 5.41) is 3.34. The van der Waals surface area contributed by atoms with Crippen molar-refractivity contribution in [3.63, 3.8) is 0 Å². The van der Waals surface area contributed by atoms with E-state index in [0.717, 1.165) is 31.4 Å². The number of hydrogen-bond donors (Lipinski definition) is 1. The molecule has 140 valence electrons. The van der Waals surface area contributed by atoms with Crippen LogP contribution in [0, 0.1) is 5.92 Å². The van der Waals surface area contributed by atoms with Crippen LogP contribution >= 0.6 is 0 Å². The van der Waals surface area contributed by atoms with Crippen LogP contribution in [0.1, 0.15) is 12.8 Å². The molecule has 1 saturated carbocycles. The van der Waals surface area contributed by atoms with Gasteiger partial charge in [-0.05, 0) is 52.0 Å². The fourth-order valence-electron chi connectivity index (χ4n) is 3.28. The summed E-state index contributed by atoms with van der Waals surface area (Å²) in [7, 11) is 2.77. The third kappa shape index (κ3) is 4.49. The molecule has 25 heavy (non-hydrogen) atoms. The van der Waals surface area contributed by atoms with Gasteiger partial charge in [0, 0.05) is 45.0 Å². The summed E-state index contributed by atoms with van der Waals surface area (Å²) in [6.07, 6.45) is 4.05. The van der Waals surface area contributed by atoms with Gasteiger partial charge in [0.2, 0.25) is 10.0 Å². The van der Waals surface area contributed by atoms with E-state index in [0.29, 0.717) is 19.1 Å². The summed E-state index contributed by atoms with van der Waals surface area (Å²) in [5.74, 6) is 1.49. The molecule has 0 radical (unpaired) electrons. The molecule has 2 aliphatic rings. The Hall–Kier alpha value is -1.22. The number of aromatic nitrogens is 1. The quantitative estimate of drug-likeness (QED) is 0.768. The highest BCUT2D eigenvalue weighted by Crippen LogP contribution is 2.34. The Morgan fingerprint density at radius 3 is 2.44 bits per heavy atom. The van der Waals surface area contributed by atoms with Crippen molar-refractivity contribution in [1.29, 1.82) is 0 Å². The van der Waals surface area contributed by atoms with Gasteiger partial charge in [0.25, 0.3) is 0 Å². The number of pyridine rings is 1. The number of piperazine rings is 1. The summed E-state index contributed by atoms with van der Waals surface area (Å²) in [6.45, 7) is 3.42. The first-order valence-electron chi connectivity index (χ1n) is 8.93. The lowest BCUT2D eigenvalue weighted by Gasteiger charge is -2.31. The monoisotopic (exact) mass is 367 g/mol. The zero-order valence-electron chi connectivity index (χ0n) is 15.4. The van der Waals surface area contributed by atoms with E-state index in [4.69, 9.17) is 0 Å². The fourth-order valence-corrected chi connectivity index (χ4v) is 4.64. The molecule has 0 spiro atoms. The molecule has 1 aliphatic carbocycles. The Balaban J connectivity index is 1.61. The maximum Gasteiger partial charge on any atom is 0.244 e. The van der Waals surface area contributed by atoms with Gasteiger partial charge in [-0.3, -0.25) is 0 Å². The fraction of sp³-hybridized carbons (Fsp3) is 0.706. The smallest absolute Gasteiger partial charge is 0.244 e. The number of hydrogen-bond acceptors (Lipinski definition) is 6. The molecule has 1 N–H and O–H groups in total. The van der Waals surface area contributed by atoms with Crippen LogP contribution in [0.15, 0.2) is 23.2 Å². The Bertz CT molecular complexity index is 663. The van der Waals surface area contributed by atoms with Gasteiger partial charge in [-0.2, -0.15) is 4.31 Å². The summed E-state index contributed by atoms with van der Waals surface area (Å²) in [6, 6.07) is 3.92. The second-order valence-electron chi connectivity index (χ2n) is 7.34. The predicted molar refractivity (Wildman–Crippen MR) is 99.2 cm³/mol. The summed E-state index contributed by atoms with van der Waals surface area (Å²) >= 11 is 0. The molecule has 1 aliphatic heterocycles. The second kappa shape index (κ2) is 7.57. The molecule has 0 bridgehead atoms. The van der Waals surface area contributed by atoms with Gasteiger partial charge in [0.1, 0.15) is 10.7 Å². The number of anilines is 1. The van der Waals surface area contributed by atoms with Crippen molar-refractivity contribution in [3.8, 4) is 0 Å². The molecule has 2 heterocycles. The molecule has 1 aromatic rings. The molecule has 1 saturated heterocycles. The van der Waals surface area contributed by atoms with Crippen LogP contribution in [0.4, 0.5) is 5.82 Å². The number of likely N-dealkylation sites (N-methyl/N-ethyl adjacent to an activating group) is 2. The van der Waals surface area contributed by atoms with E-state index in [-0.39, 0.29) is 4.90 Å². The molecule has 0 amide bonds. The largest absolute Gasteiger partial charge is 0.368 e. The van der Waals surface area contributed by atoms with Crippen LogP contribution in [0.5, 0.6) is 0 Å². The average Bonchev–Trinajstić information content (AvgIpc) is 3.40. The van der Waals surface area contributed by atoms with Crippen molar-refractivity contribution in [2.24, 2.45) is 5.92 Å². The molecule has 1 unspecified atom stereocenters. The van der Waals surface area contributed by atoms with E-state index < -0.39 is 10.0 Å². The third-order valence-electron chi connectivity index (χ3n) is 5.16.